The van der Waals surface area contributed by atoms with Gasteiger partial charge in [0.2, 0.25) is 0 Å². The van der Waals surface area contributed by atoms with E-state index in [-0.39, 0.29) is 16.5 Å². The van der Waals surface area contributed by atoms with Gasteiger partial charge in [0.25, 0.3) is 10.0 Å². The number of benzene rings is 2. The van der Waals surface area contributed by atoms with E-state index in [1.165, 1.54) is 0 Å². The SMILES string of the molecule is O=S(=O)(Nc1ccc(OC(F)F)c(Cl)c1)c1cccc(OC(F)(F)F)c1. The lowest BCUT2D eigenvalue weighted by molar-refractivity contribution is -0.274. The molecule has 0 unspecified atom stereocenters. The Morgan fingerprint density at radius 3 is 2.35 bits per heavy atom. The standard InChI is InChI=1S/C14H9ClF5NO4S/c15-11-6-8(4-5-12(11)24-13(16)17)21-26(22,23)10-3-1-2-9(7-10)25-14(18,19)20/h1-7,13,21H. The third kappa shape index (κ3) is 5.63. The van der Waals surface area contributed by atoms with Gasteiger partial charge in [0.15, 0.2) is 0 Å². The van der Waals surface area contributed by atoms with Crippen molar-refractivity contribution in [3.63, 3.8) is 0 Å². The van der Waals surface area contributed by atoms with Crippen LogP contribution in [0.3, 0.4) is 0 Å². The van der Waals surface area contributed by atoms with Crippen molar-refractivity contribution in [2.45, 2.75) is 17.9 Å². The third-order valence-corrected chi connectivity index (χ3v) is 4.42. The molecule has 2 aromatic rings. The maximum atomic E-state index is 12.3. The van der Waals surface area contributed by atoms with Gasteiger partial charge in [-0.25, -0.2) is 8.42 Å². The Bertz CT molecular complexity index is 889. The minimum atomic E-state index is -4.98. The van der Waals surface area contributed by atoms with E-state index < -0.39 is 33.6 Å². The molecule has 0 aliphatic carbocycles. The molecule has 2 aromatic carbocycles. The Kier molecular flexibility index (Phi) is 5.81. The van der Waals surface area contributed by atoms with Gasteiger partial charge < -0.3 is 9.47 Å². The van der Waals surface area contributed by atoms with Crippen molar-refractivity contribution in [1.29, 1.82) is 0 Å². The Morgan fingerprint density at radius 2 is 1.77 bits per heavy atom. The van der Waals surface area contributed by atoms with Gasteiger partial charge in [0.1, 0.15) is 11.5 Å². The number of ether oxygens (including phenoxy) is 2. The van der Waals surface area contributed by atoms with Gasteiger partial charge in [-0.05, 0) is 30.3 Å². The maximum absolute atomic E-state index is 12.3. The largest absolute Gasteiger partial charge is 0.573 e. The molecule has 0 bridgehead atoms. The fourth-order valence-electron chi connectivity index (χ4n) is 1.81. The molecular weight excluding hydrogens is 409 g/mol. The van der Waals surface area contributed by atoms with E-state index >= 15 is 0 Å². The summed E-state index contributed by atoms with van der Waals surface area (Å²) >= 11 is 5.71. The van der Waals surface area contributed by atoms with Gasteiger partial charge in [0.05, 0.1) is 15.6 Å². The minimum Gasteiger partial charge on any atom is -0.433 e. The monoisotopic (exact) mass is 417 g/mol. The second-order valence-corrected chi connectivity index (χ2v) is 6.74. The fourth-order valence-corrected chi connectivity index (χ4v) is 3.12. The predicted octanol–water partition coefficient (Wildman–Crippen LogP) is 4.64. The number of alkyl halides is 5. The molecule has 0 atom stereocenters. The fraction of sp³-hybridized carbons (Fsp3) is 0.143. The highest BCUT2D eigenvalue weighted by Crippen LogP contribution is 2.30. The molecule has 1 N–H and O–H groups in total. The smallest absolute Gasteiger partial charge is 0.433 e. The zero-order valence-corrected chi connectivity index (χ0v) is 14.0. The van der Waals surface area contributed by atoms with Crippen LogP contribution in [0.4, 0.5) is 27.6 Å². The zero-order valence-electron chi connectivity index (χ0n) is 12.4. The van der Waals surface area contributed by atoms with Crippen LogP contribution in [0.15, 0.2) is 47.4 Å². The van der Waals surface area contributed by atoms with Gasteiger partial charge in [0, 0.05) is 6.07 Å². The average molecular weight is 418 g/mol. The van der Waals surface area contributed by atoms with Crippen LogP contribution < -0.4 is 14.2 Å². The maximum Gasteiger partial charge on any atom is 0.573 e. The van der Waals surface area contributed by atoms with Crippen LogP contribution in [-0.4, -0.2) is 21.4 Å². The molecule has 0 radical (unpaired) electrons. The number of nitrogens with one attached hydrogen (secondary N) is 1. The number of rotatable bonds is 6. The van der Waals surface area contributed by atoms with Crippen LogP contribution in [0.2, 0.25) is 5.02 Å². The molecule has 0 aliphatic rings. The van der Waals surface area contributed by atoms with E-state index in [0.717, 1.165) is 36.4 Å². The lowest BCUT2D eigenvalue weighted by Gasteiger charge is -2.12. The molecule has 0 aliphatic heterocycles. The van der Waals surface area contributed by atoms with E-state index in [9.17, 15) is 30.4 Å². The Balaban J connectivity index is 2.23. The van der Waals surface area contributed by atoms with Crippen molar-refractivity contribution in [2.24, 2.45) is 0 Å². The van der Waals surface area contributed by atoms with E-state index in [1.54, 1.807) is 0 Å². The van der Waals surface area contributed by atoms with Crippen molar-refractivity contribution in [3.05, 3.63) is 47.5 Å². The summed E-state index contributed by atoms with van der Waals surface area (Å²) in [5.74, 6) is -1.09. The van der Waals surface area contributed by atoms with E-state index in [2.05, 4.69) is 14.2 Å². The summed E-state index contributed by atoms with van der Waals surface area (Å²) in [6.07, 6.45) is -4.98. The van der Waals surface area contributed by atoms with Gasteiger partial charge in [-0.3, -0.25) is 4.72 Å². The summed E-state index contributed by atoms with van der Waals surface area (Å²) in [5, 5.41) is -0.292. The molecule has 0 saturated heterocycles. The van der Waals surface area contributed by atoms with Crippen molar-refractivity contribution < 1.29 is 39.8 Å². The van der Waals surface area contributed by atoms with E-state index in [1.807, 2.05) is 0 Å². The molecule has 0 fully saturated rings. The molecule has 2 rings (SSSR count). The molecule has 142 valence electrons. The van der Waals surface area contributed by atoms with Crippen molar-refractivity contribution in [2.75, 3.05) is 4.72 Å². The van der Waals surface area contributed by atoms with Crippen LogP contribution in [0.1, 0.15) is 0 Å². The number of halogens is 6. The predicted molar refractivity (Wildman–Crippen MR) is 82.0 cm³/mol. The van der Waals surface area contributed by atoms with Crippen molar-refractivity contribution in [3.8, 4) is 11.5 Å². The summed E-state index contributed by atoms with van der Waals surface area (Å²) < 4.78 is 95.3. The third-order valence-electron chi connectivity index (χ3n) is 2.75. The van der Waals surface area contributed by atoms with Crippen LogP contribution >= 0.6 is 11.6 Å². The number of anilines is 1. The molecule has 0 amide bonds. The zero-order chi connectivity index (χ0) is 19.5. The lowest BCUT2D eigenvalue weighted by atomic mass is 10.3. The summed E-state index contributed by atoms with van der Waals surface area (Å²) in [6, 6.07) is 6.81. The topological polar surface area (TPSA) is 64.6 Å². The summed E-state index contributed by atoms with van der Waals surface area (Å²) in [5.41, 5.74) is -0.112. The Morgan fingerprint density at radius 1 is 1.08 bits per heavy atom. The number of hydrogen-bond acceptors (Lipinski definition) is 4. The molecule has 26 heavy (non-hydrogen) atoms. The van der Waals surface area contributed by atoms with Crippen LogP contribution in [0.25, 0.3) is 0 Å². The molecular formula is C14H9ClF5NO4S. The summed E-state index contributed by atoms with van der Waals surface area (Å²) in [4.78, 5) is -0.511. The quantitative estimate of drug-likeness (QED) is 0.695. The summed E-state index contributed by atoms with van der Waals surface area (Å²) in [6.45, 7) is -3.12. The first kappa shape index (κ1) is 20.0. The first-order valence-corrected chi connectivity index (χ1v) is 8.45. The first-order valence-electron chi connectivity index (χ1n) is 6.59. The van der Waals surface area contributed by atoms with Crippen LogP contribution in [0.5, 0.6) is 11.5 Å². The Hall–Kier alpha value is -2.27. The van der Waals surface area contributed by atoms with Gasteiger partial charge in [-0.2, -0.15) is 8.78 Å². The second kappa shape index (κ2) is 7.54. The molecule has 12 heteroatoms. The van der Waals surface area contributed by atoms with E-state index in [0.29, 0.717) is 6.07 Å². The molecule has 0 aromatic heterocycles. The Labute approximate surface area is 149 Å². The molecule has 5 nitrogen and oxygen atoms in total. The normalized spacial score (nSPS) is 12.1. The molecule has 0 heterocycles. The number of sulfonamides is 1. The highest BCUT2D eigenvalue weighted by Gasteiger charge is 2.31. The van der Waals surface area contributed by atoms with Crippen molar-refractivity contribution in [1.82, 2.24) is 0 Å². The highest BCUT2D eigenvalue weighted by atomic mass is 35.5. The molecule has 0 spiro atoms. The second-order valence-electron chi connectivity index (χ2n) is 4.65. The average Bonchev–Trinajstić information content (AvgIpc) is 2.48. The van der Waals surface area contributed by atoms with E-state index in [4.69, 9.17) is 11.6 Å². The van der Waals surface area contributed by atoms with Crippen LogP contribution in [0, 0.1) is 0 Å². The lowest BCUT2D eigenvalue weighted by Crippen LogP contribution is -2.18. The summed E-state index contributed by atoms with van der Waals surface area (Å²) in [7, 11) is -4.29. The van der Waals surface area contributed by atoms with Crippen LogP contribution in [-0.2, 0) is 10.0 Å². The highest BCUT2D eigenvalue weighted by molar-refractivity contribution is 7.92. The first-order chi connectivity index (χ1) is 12.0. The molecule has 0 saturated carbocycles. The number of hydrogen-bond donors (Lipinski definition) is 1. The van der Waals surface area contributed by atoms with Gasteiger partial charge >= 0.3 is 13.0 Å². The van der Waals surface area contributed by atoms with Crippen molar-refractivity contribution >= 4 is 27.3 Å². The minimum absolute atomic E-state index is 0.112. The van der Waals surface area contributed by atoms with Gasteiger partial charge in [-0.15, -0.1) is 13.2 Å². The van der Waals surface area contributed by atoms with Gasteiger partial charge in [-0.1, -0.05) is 17.7 Å².